The molecule has 0 radical (unpaired) electrons. The Kier molecular flexibility index (Phi) is 3.63. The first kappa shape index (κ1) is 14.3. The molecule has 1 atom stereocenters. The minimum Gasteiger partial charge on any atom is -0.508 e. The van der Waals surface area contributed by atoms with E-state index < -0.39 is 6.17 Å². The lowest BCUT2D eigenvalue weighted by atomic mass is 10.0. The lowest BCUT2D eigenvalue weighted by molar-refractivity contribution is 0.0734. The van der Waals surface area contributed by atoms with E-state index in [-0.39, 0.29) is 11.7 Å². The summed E-state index contributed by atoms with van der Waals surface area (Å²) in [6, 6.07) is 12.4. The van der Waals surface area contributed by atoms with Crippen LogP contribution in [-0.4, -0.2) is 29.6 Å². The number of benzene rings is 2. The van der Waals surface area contributed by atoms with Gasteiger partial charge in [-0.05, 0) is 37.3 Å². The molecule has 0 aliphatic carbocycles. The van der Waals surface area contributed by atoms with Crippen LogP contribution in [-0.2, 0) is 0 Å². The Hall–Kier alpha value is -2.69. The molecule has 114 valence electrons. The number of nitrogens with one attached hydrogen (secondary N) is 1. The van der Waals surface area contributed by atoms with E-state index >= 15 is 0 Å². The van der Waals surface area contributed by atoms with Gasteiger partial charge in [0.05, 0.1) is 12.2 Å². The van der Waals surface area contributed by atoms with Crippen LogP contribution in [0.3, 0.4) is 0 Å². The number of para-hydroxylation sites is 1. The molecule has 5 heteroatoms. The Labute approximate surface area is 129 Å². The molecule has 5 nitrogen and oxygen atoms in total. The summed E-state index contributed by atoms with van der Waals surface area (Å²) in [6.07, 6.45) is -0.442. The zero-order valence-electron chi connectivity index (χ0n) is 12.5. The van der Waals surface area contributed by atoms with Gasteiger partial charge in [-0.1, -0.05) is 12.1 Å². The van der Waals surface area contributed by atoms with Gasteiger partial charge in [0, 0.05) is 18.3 Å². The van der Waals surface area contributed by atoms with Gasteiger partial charge in [0.15, 0.2) is 0 Å². The molecule has 0 saturated heterocycles. The normalized spacial score (nSPS) is 16.9. The van der Waals surface area contributed by atoms with Crippen LogP contribution < -0.4 is 10.1 Å². The topological polar surface area (TPSA) is 61.8 Å². The molecule has 2 aromatic carbocycles. The number of phenols is 1. The van der Waals surface area contributed by atoms with E-state index in [0.29, 0.717) is 23.5 Å². The van der Waals surface area contributed by atoms with Gasteiger partial charge in [0.2, 0.25) is 0 Å². The van der Waals surface area contributed by atoms with Crippen LogP contribution in [0.5, 0.6) is 11.5 Å². The Morgan fingerprint density at radius 1 is 1.27 bits per heavy atom. The van der Waals surface area contributed by atoms with Crippen LogP contribution >= 0.6 is 0 Å². The first-order valence-electron chi connectivity index (χ1n) is 7.20. The summed E-state index contributed by atoms with van der Waals surface area (Å²) in [6.45, 7) is 2.44. The molecule has 0 aromatic heterocycles. The van der Waals surface area contributed by atoms with Crippen molar-refractivity contribution < 1.29 is 14.6 Å². The molecule has 0 bridgehead atoms. The van der Waals surface area contributed by atoms with Gasteiger partial charge < -0.3 is 20.1 Å². The summed E-state index contributed by atoms with van der Waals surface area (Å²) >= 11 is 0. The summed E-state index contributed by atoms with van der Waals surface area (Å²) < 4.78 is 5.48. The van der Waals surface area contributed by atoms with Crippen molar-refractivity contribution in [3.8, 4) is 11.5 Å². The third-order valence-electron chi connectivity index (χ3n) is 3.76. The van der Waals surface area contributed by atoms with Gasteiger partial charge in [0.25, 0.3) is 5.91 Å². The Bertz CT molecular complexity index is 715. The van der Waals surface area contributed by atoms with Crippen LogP contribution in [0, 0.1) is 0 Å². The molecule has 1 amide bonds. The first-order valence-corrected chi connectivity index (χ1v) is 7.20. The smallest absolute Gasteiger partial charge is 0.257 e. The summed E-state index contributed by atoms with van der Waals surface area (Å²) in [5.41, 5.74) is 2.00. The number of aromatic hydroxyl groups is 1. The van der Waals surface area contributed by atoms with E-state index in [2.05, 4.69) is 5.32 Å². The zero-order valence-corrected chi connectivity index (χ0v) is 12.5. The van der Waals surface area contributed by atoms with Crippen molar-refractivity contribution in [2.45, 2.75) is 13.1 Å². The highest BCUT2D eigenvalue weighted by Gasteiger charge is 2.31. The molecular formula is C17H18N2O3. The van der Waals surface area contributed by atoms with Crippen molar-refractivity contribution in [3.05, 3.63) is 53.6 Å². The second-order valence-electron chi connectivity index (χ2n) is 5.16. The zero-order chi connectivity index (χ0) is 15.7. The van der Waals surface area contributed by atoms with E-state index in [9.17, 15) is 9.90 Å². The Morgan fingerprint density at radius 3 is 2.82 bits per heavy atom. The highest BCUT2D eigenvalue weighted by Crippen LogP contribution is 2.36. The number of anilines is 1. The van der Waals surface area contributed by atoms with E-state index in [1.807, 2.05) is 25.1 Å². The van der Waals surface area contributed by atoms with E-state index in [0.717, 1.165) is 5.69 Å². The van der Waals surface area contributed by atoms with Crippen LogP contribution in [0.4, 0.5) is 5.69 Å². The van der Waals surface area contributed by atoms with Gasteiger partial charge in [-0.3, -0.25) is 4.79 Å². The lowest BCUT2D eigenvalue weighted by Gasteiger charge is -2.35. The fourth-order valence-electron chi connectivity index (χ4n) is 2.64. The maximum Gasteiger partial charge on any atom is 0.257 e. The maximum atomic E-state index is 12.5. The molecule has 1 aliphatic heterocycles. The third kappa shape index (κ3) is 2.35. The van der Waals surface area contributed by atoms with Crippen molar-refractivity contribution in [3.63, 3.8) is 0 Å². The van der Waals surface area contributed by atoms with Crippen LogP contribution in [0.25, 0.3) is 0 Å². The minimum absolute atomic E-state index is 0.0828. The number of nitrogens with zero attached hydrogens (tertiary/aromatic N) is 1. The quantitative estimate of drug-likeness (QED) is 0.914. The number of carbonyl (C=O) groups is 1. The average Bonchev–Trinajstić information content (AvgIpc) is 2.53. The molecule has 1 aliphatic rings. The molecular weight excluding hydrogens is 280 g/mol. The number of ether oxygens (including phenoxy) is 1. The molecule has 0 spiro atoms. The monoisotopic (exact) mass is 298 g/mol. The highest BCUT2D eigenvalue weighted by atomic mass is 16.5. The summed E-state index contributed by atoms with van der Waals surface area (Å²) in [5, 5.41) is 13.5. The van der Waals surface area contributed by atoms with E-state index in [1.165, 1.54) is 0 Å². The maximum absolute atomic E-state index is 12.5. The molecule has 1 heterocycles. The second kappa shape index (κ2) is 5.60. The van der Waals surface area contributed by atoms with Crippen molar-refractivity contribution in [1.29, 1.82) is 0 Å². The highest BCUT2D eigenvalue weighted by molar-refractivity contribution is 6.01. The molecule has 0 unspecified atom stereocenters. The minimum atomic E-state index is -0.442. The number of carbonyl (C=O) groups excluding carboxylic acids is 1. The summed E-state index contributed by atoms with van der Waals surface area (Å²) in [4.78, 5) is 14.1. The van der Waals surface area contributed by atoms with Crippen molar-refractivity contribution in [2.75, 3.05) is 19.0 Å². The van der Waals surface area contributed by atoms with Crippen LogP contribution in [0.15, 0.2) is 42.5 Å². The molecule has 3 rings (SSSR count). The average molecular weight is 298 g/mol. The summed E-state index contributed by atoms with van der Waals surface area (Å²) in [7, 11) is 1.71. The molecule has 2 N–H and O–H groups in total. The number of amides is 1. The fraction of sp³-hybridized carbons (Fsp3) is 0.235. The van der Waals surface area contributed by atoms with Crippen LogP contribution in [0.1, 0.15) is 29.0 Å². The van der Waals surface area contributed by atoms with E-state index in [1.54, 1.807) is 36.2 Å². The van der Waals surface area contributed by atoms with Gasteiger partial charge in [-0.15, -0.1) is 0 Å². The SMILES string of the molecule is CCOc1ccc(O)c([C@@H]2Nc3ccccc3C(=O)N2C)c1. The number of rotatable bonds is 3. The standard InChI is InChI=1S/C17H18N2O3/c1-3-22-11-8-9-15(20)13(10-11)16-18-14-7-5-4-6-12(14)17(21)19(16)2/h4-10,16,18,20H,3H2,1-2H3/t16-/m1/s1. The molecule has 0 saturated carbocycles. The number of hydrogen-bond acceptors (Lipinski definition) is 4. The number of hydrogen-bond donors (Lipinski definition) is 2. The molecule has 22 heavy (non-hydrogen) atoms. The van der Waals surface area contributed by atoms with Gasteiger partial charge in [-0.2, -0.15) is 0 Å². The lowest BCUT2D eigenvalue weighted by Crippen LogP contribution is -2.40. The van der Waals surface area contributed by atoms with E-state index in [4.69, 9.17) is 4.74 Å². The second-order valence-corrected chi connectivity index (χ2v) is 5.16. The fourth-order valence-corrected chi connectivity index (χ4v) is 2.64. The third-order valence-corrected chi connectivity index (χ3v) is 3.76. The Balaban J connectivity index is 2.02. The van der Waals surface area contributed by atoms with Crippen molar-refractivity contribution in [2.24, 2.45) is 0 Å². The predicted octanol–water partition coefficient (Wildman–Crippen LogP) is 2.99. The number of phenolic OH excluding ortho intramolecular Hbond substituents is 1. The molecule has 0 fully saturated rings. The summed E-state index contributed by atoms with van der Waals surface area (Å²) in [5.74, 6) is 0.706. The largest absolute Gasteiger partial charge is 0.508 e. The van der Waals surface area contributed by atoms with Gasteiger partial charge in [0.1, 0.15) is 17.7 Å². The first-order chi connectivity index (χ1) is 10.6. The van der Waals surface area contributed by atoms with Gasteiger partial charge in [-0.25, -0.2) is 0 Å². The number of fused-ring (bicyclic) bond motifs is 1. The van der Waals surface area contributed by atoms with Crippen molar-refractivity contribution >= 4 is 11.6 Å². The van der Waals surface area contributed by atoms with Crippen molar-refractivity contribution in [1.82, 2.24) is 4.90 Å². The van der Waals surface area contributed by atoms with Crippen LogP contribution in [0.2, 0.25) is 0 Å². The van der Waals surface area contributed by atoms with Gasteiger partial charge >= 0.3 is 0 Å². The molecule has 2 aromatic rings. The Morgan fingerprint density at radius 2 is 2.05 bits per heavy atom. The predicted molar refractivity (Wildman–Crippen MR) is 84.2 cm³/mol.